The maximum atomic E-state index is 13.2. The first-order chi connectivity index (χ1) is 15.9. The van der Waals surface area contributed by atoms with Crippen LogP contribution in [0.1, 0.15) is 22.9 Å². The molecule has 1 aliphatic heterocycles. The van der Waals surface area contributed by atoms with Crippen LogP contribution >= 0.6 is 0 Å². The molecule has 0 spiro atoms. The molecule has 1 saturated heterocycles. The van der Waals surface area contributed by atoms with Crippen molar-refractivity contribution in [1.82, 2.24) is 0 Å². The lowest BCUT2D eigenvalue weighted by Crippen LogP contribution is -2.29. The largest absolute Gasteiger partial charge is 0.507 e. The van der Waals surface area contributed by atoms with Crippen molar-refractivity contribution in [3.8, 4) is 17.2 Å². The number of aryl methyl sites for hydroxylation is 1. The monoisotopic (exact) mass is 449 g/mol. The van der Waals surface area contributed by atoms with Crippen molar-refractivity contribution < 1.29 is 33.3 Å². The highest BCUT2D eigenvalue weighted by molar-refractivity contribution is 6.51. The Labute approximate surface area is 190 Å². The van der Waals surface area contributed by atoms with E-state index in [4.69, 9.17) is 18.6 Å². The minimum absolute atomic E-state index is 0.0787. The lowest BCUT2D eigenvalue weighted by molar-refractivity contribution is -0.132. The van der Waals surface area contributed by atoms with Gasteiger partial charge in [-0.2, -0.15) is 0 Å². The van der Waals surface area contributed by atoms with Crippen LogP contribution in [0, 0.1) is 6.92 Å². The fourth-order valence-corrected chi connectivity index (χ4v) is 3.92. The van der Waals surface area contributed by atoms with E-state index in [1.54, 1.807) is 62.6 Å². The maximum Gasteiger partial charge on any atom is 0.300 e. The van der Waals surface area contributed by atoms with Gasteiger partial charge < -0.3 is 23.7 Å². The summed E-state index contributed by atoms with van der Waals surface area (Å²) in [4.78, 5) is 27.7. The molecule has 4 rings (SSSR count). The van der Waals surface area contributed by atoms with Crippen LogP contribution in [0.15, 0.2) is 64.8 Å². The average molecular weight is 449 g/mol. The first-order valence-electron chi connectivity index (χ1n) is 10.1. The highest BCUT2D eigenvalue weighted by atomic mass is 16.5. The van der Waals surface area contributed by atoms with Crippen LogP contribution in [-0.2, 0) is 9.59 Å². The third kappa shape index (κ3) is 3.80. The fourth-order valence-electron chi connectivity index (χ4n) is 3.92. The summed E-state index contributed by atoms with van der Waals surface area (Å²) in [5.41, 5.74) is 1.37. The minimum Gasteiger partial charge on any atom is -0.507 e. The summed E-state index contributed by atoms with van der Waals surface area (Å²) in [6.45, 7) is 1.78. The van der Waals surface area contributed by atoms with Crippen molar-refractivity contribution in [2.75, 3.05) is 26.2 Å². The summed E-state index contributed by atoms with van der Waals surface area (Å²) in [5, 5.41) is 11.2. The molecule has 0 bridgehead atoms. The first kappa shape index (κ1) is 22.0. The molecule has 1 atom stereocenters. The zero-order valence-corrected chi connectivity index (χ0v) is 18.6. The Hall–Kier alpha value is -4.20. The molecule has 0 aliphatic carbocycles. The van der Waals surface area contributed by atoms with E-state index in [1.165, 1.54) is 25.4 Å². The van der Waals surface area contributed by atoms with Crippen LogP contribution in [0.3, 0.4) is 0 Å². The molecule has 0 saturated carbocycles. The molecule has 1 N–H and O–H groups in total. The topological polar surface area (TPSA) is 98.4 Å². The molecule has 170 valence electrons. The molecule has 8 nitrogen and oxygen atoms in total. The third-order valence-corrected chi connectivity index (χ3v) is 5.56. The SMILES string of the molecule is COc1cc(OC)cc(N2C(=O)C(=O)/C(=C(\O)c3ccc(OC)cc3C)C2c2ccco2)c1. The Morgan fingerprint density at radius 1 is 0.939 bits per heavy atom. The highest BCUT2D eigenvalue weighted by Crippen LogP contribution is 2.44. The number of carbonyl (C=O) groups is 2. The van der Waals surface area contributed by atoms with Gasteiger partial charge >= 0.3 is 0 Å². The molecule has 1 aromatic heterocycles. The van der Waals surface area contributed by atoms with Crippen LogP contribution in [-0.4, -0.2) is 38.1 Å². The van der Waals surface area contributed by atoms with E-state index < -0.39 is 17.7 Å². The Kier molecular flexibility index (Phi) is 5.83. The number of rotatable bonds is 6. The smallest absolute Gasteiger partial charge is 0.300 e. The number of amides is 1. The van der Waals surface area contributed by atoms with Crippen molar-refractivity contribution >= 4 is 23.1 Å². The van der Waals surface area contributed by atoms with Gasteiger partial charge in [0.25, 0.3) is 11.7 Å². The van der Waals surface area contributed by atoms with Crippen LogP contribution in [0.4, 0.5) is 5.69 Å². The zero-order chi connectivity index (χ0) is 23.7. The van der Waals surface area contributed by atoms with E-state index in [0.29, 0.717) is 39.8 Å². The van der Waals surface area contributed by atoms with Crippen LogP contribution < -0.4 is 19.1 Å². The zero-order valence-electron chi connectivity index (χ0n) is 18.6. The van der Waals surface area contributed by atoms with Crippen molar-refractivity contribution in [2.45, 2.75) is 13.0 Å². The van der Waals surface area contributed by atoms with Gasteiger partial charge in [-0.15, -0.1) is 0 Å². The Morgan fingerprint density at radius 3 is 2.15 bits per heavy atom. The summed E-state index contributed by atoms with van der Waals surface area (Å²) < 4.78 is 21.5. The normalized spacial score (nSPS) is 17.3. The molecule has 2 heterocycles. The number of furan rings is 1. The number of hydrogen-bond donors (Lipinski definition) is 1. The molecule has 1 amide bonds. The van der Waals surface area contributed by atoms with Gasteiger partial charge in [-0.3, -0.25) is 14.5 Å². The number of carbonyl (C=O) groups excluding carboxylic acids is 2. The molecule has 3 aromatic rings. The molecule has 1 fully saturated rings. The molecular weight excluding hydrogens is 426 g/mol. The predicted octanol–water partition coefficient (Wildman–Crippen LogP) is 4.24. The fraction of sp³-hybridized carbons (Fsp3) is 0.200. The summed E-state index contributed by atoms with van der Waals surface area (Å²) in [7, 11) is 4.52. The van der Waals surface area contributed by atoms with Gasteiger partial charge in [0.2, 0.25) is 0 Å². The number of ketones is 1. The Morgan fingerprint density at radius 2 is 1.61 bits per heavy atom. The predicted molar refractivity (Wildman–Crippen MR) is 121 cm³/mol. The van der Waals surface area contributed by atoms with Crippen LogP contribution in [0.25, 0.3) is 5.76 Å². The molecular formula is C25H23NO7. The van der Waals surface area contributed by atoms with Crippen molar-refractivity contribution in [1.29, 1.82) is 0 Å². The van der Waals surface area contributed by atoms with Gasteiger partial charge in [0.05, 0.1) is 38.9 Å². The summed E-state index contributed by atoms with van der Waals surface area (Å²) in [6.07, 6.45) is 1.44. The quantitative estimate of drug-likeness (QED) is 0.341. The number of aliphatic hydroxyl groups is 1. The van der Waals surface area contributed by atoms with E-state index in [2.05, 4.69) is 0 Å². The molecule has 33 heavy (non-hydrogen) atoms. The average Bonchev–Trinajstić information content (AvgIpc) is 3.45. The highest BCUT2D eigenvalue weighted by Gasteiger charge is 2.48. The molecule has 8 heteroatoms. The van der Waals surface area contributed by atoms with Gasteiger partial charge in [0.1, 0.15) is 34.8 Å². The molecule has 2 aromatic carbocycles. The number of nitrogens with zero attached hydrogens (tertiary/aromatic N) is 1. The second-order valence-corrected chi connectivity index (χ2v) is 7.44. The second-order valence-electron chi connectivity index (χ2n) is 7.44. The Balaban J connectivity index is 1.94. The second kappa shape index (κ2) is 8.74. The van der Waals surface area contributed by atoms with Gasteiger partial charge in [0, 0.05) is 23.8 Å². The van der Waals surface area contributed by atoms with Crippen LogP contribution in [0.2, 0.25) is 0 Å². The van der Waals surface area contributed by atoms with Crippen molar-refractivity contribution in [3.05, 3.63) is 77.3 Å². The van der Waals surface area contributed by atoms with E-state index >= 15 is 0 Å². The van der Waals surface area contributed by atoms with E-state index in [1.807, 2.05) is 0 Å². The van der Waals surface area contributed by atoms with Gasteiger partial charge in [0.15, 0.2) is 0 Å². The number of methoxy groups -OCH3 is 3. The van der Waals surface area contributed by atoms with E-state index in [-0.39, 0.29) is 11.3 Å². The standard InChI is InChI=1S/C25H23NO7/c1-14-10-16(30-2)7-8-19(14)23(27)21-22(20-6-5-9-33-20)26(25(29)24(21)28)15-11-17(31-3)13-18(12-15)32-4/h5-13,22,27H,1-4H3/b23-21-. The third-order valence-electron chi connectivity index (χ3n) is 5.56. The van der Waals surface area contributed by atoms with Gasteiger partial charge in [-0.25, -0.2) is 0 Å². The van der Waals surface area contributed by atoms with Gasteiger partial charge in [-0.05, 0) is 42.8 Å². The summed E-state index contributed by atoms with van der Waals surface area (Å²) in [6, 6.07) is 12.2. The first-order valence-corrected chi connectivity index (χ1v) is 10.1. The summed E-state index contributed by atoms with van der Waals surface area (Å²) in [5.74, 6) is -0.122. The van der Waals surface area contributed by atoms with Crippen LogP contribution in [0.5, 0.6) is 17.2 Å². The lowest BCUT2D eigenvalue weighted by atomic mass is 9.96. The molecule has 1 unspecified atom stereocenters. The summed E-state index contributed by atoms with van der Waals surface area (Å²) >= 11 is 0. The molecule has 1 aliphatic rings. The number of aliphatic hydroxyl groups excluding tert-OH is 1. The van der Waals surface area contributed by atoms with E-state index in [9.17, 15) is 14.7 Å². The number of anilines is 1. The number of ether oxygens (including phenoxy) is 3. The lowest BCUT2D eigenvalue weighted by Gasteiger charge is -2.24. The van der Waals surface area contributed by atoms with Gasteiger partial charge in [-0.1, -0.05) is 0 Å². The maximum absolute atomic E-state index is 13.2. The minimum atomic E-state index is -0.988. The van der Waals surface area contributed by atoms with E-state index in [0.717, 1.165) is 0 Å². The number of Topliss-reactive ketones (excluding diaryl/α,β-unsaturated/α-hetero) is 1. The van der Waals surface area contributed by atoms with Crippen molar-refractivity contribution in [2.24, 2.45) is 0 Å². The number of hydrogen-bond acceptors (Lipinski definition) is 7. The Bertz CT molecular complexity index is 1220. The molecule has 0 radical (unpaired) electrons. The number of benzene rings is 2. The van der Waals surface area contributed by atoms with Crippen molar-refractivity contribution in [3.63, 3.8) is 0 Å².